The van der Waals surface area contributed by atoms with Crippen molar-refractivity contribution in [1.82, 2.24) is 14.8 Å². The third kappa shape index (κ3) is 4.81. The van der Waals surface area contributed by atoms with Crippen LogP contribution >= 0.6 is 0 Å². The maximum atomic E-state index is 4.22. The van der Waals surface area contributed by atoms with Crippen molar-refractivity contribution in [2.45, 2.75) is 41.5 Å². The van der Waals surface area contributed by atoms with Crippen LogP contribution in [0.2, 0.25) is 0 Å². The van der Waals surface area contributed by atoms with E-state index in [-0.39, 0.29) is 0 Å². The van der Waals surface area contributed by atoms with Crippen LogP contribution in [-0.4, -0.2) is 14.8 Å². The van der Waals surface area contributed by atoms with E-state index in [0.29, 0.717) is 0 Å². The maximum Gasteiger partial charge on any atom is 0.153 e. The highest BCUT2D eigenvalue weighted by Crippen LogP contribution is 2.06. The number of nitrogens with zero attached hydrogens (tertiary/aromatic N) is 3. The largest absolute Gasteiger partial charge is 0.237 e. The van der Waals surface area contributed by atoms with Crippen LogP contribution in [0.15, 0.2) is 30.7 Å². The van der Waals surface area contributed by atoms with Crippen LogP contribution in [0.25, 0.3) is 5.82 Å². The van der Waals surface area contributed by atoms with Crippen LogP contribution in [0.1, 0.15) is 38.8 Å². The molecule has 2 heterocycles. The highest BCUT2D eigenvalue weighted by Gasteiger charge is 1.98. The van der Waals surface area contributed by atoms with Gasteiger partial charge in [0.1, 0.15) is 0 Å². The van der Waals surface area contributed by atoms with Crippen LogP contribution < -0.4 is 0 Å². The van der Waals surface area contributed by atoms with Crippen molar-refractivity contribution in [1.29, 1.82) is 0 Å². The zero-order valence-electron chi connectivity index (χ0n) is 11.7. The first-order valence-corrected chi connectivity index (χ1v) is 6.20. The quantitative estimate of drug-likeness (QED) is 0.747. The van der Waals surface area contributed by atoms with E-state index in [1.807, 2.05) is 66.1 Å². The highest BCUT2D eigenvalue weighted by molar-refractivity contribution is 5.26. The molecule has 94 valence electrons. The summed E-state index contributed by atoms with van der Waals surface area (Å²) in [5.41, 5.74) is 2.33. The summed E-state index contributed by atoms with van der Waals surface area (Å²) in [5.74, 6) is 0.869. The molecule has 0 fully saturated rings. The Kier molecular flexibility index (Phi) is 7.68. The minimum atomic E-state index is 0.869. The Morgan fingerprint density at radius 1 is 1.00 bits per heavy atom. The summed E-state index contributed by atoms with van der Waals surface area (Å²) in [4.78, 5) is 4.22. The van der Waals surface area contributed by atoms with E-state index in [1.54, 1.807) is 10.9 Å². The smallest absolute Gasteiger partial charge is 0.153 e. The van der Waals surface area contributed by atoms with Crippen molar-refractivity contribution in [2.24, 2.45) is 0 Å². The predicted octanol–water partition coefficient (Wildman–Crippen LogP) is 3.94. The third-order valence-corrected chi connectivity index (χ3v) is 1.85. The van der Waals surface area contributed by atoms with Gasteiger partial charge in [0.05, 0.1) is 6.20 Å². The van der Waals surface area contributed by atoms with Gasteiger partial charge in [0.25, 0.3) is 0 Å². The molecule has 3 heteroatoms. The van der Waals surface area contributed by atoms with E-state index >= 15 is 0 Å². The summed E-state index contributed by atoms with van der Waals surface area (Å²) >= 11 is 0. The summed E-state index contributed by atoms with van der Waals surface area (Å²) in [6.07, 6.45) is 5.58. The first-order chi connectivity index (χ1) is 8.25. The Hall–Kier alpha value is -1.64. The Labute approximate surface area is 105 Å². The van der Waals surface area contributed by atoms with E-state index in [0.717, 1.165) is 11.4 Å². The molecule has 0 atom stereocenters. The van der Waals surface area contributed by atoms with Gasteiger partial charge in [-0.1, -0.05) is 27.7 Å². The molecule has 0 bridgehead atoms. The van der Waals surface area contributed by atoms with Crippen LogP contribution in [0.5, 0.6) is 0 Å². The van der Waals surface area contributed by atoms with E-state index < -0.39 is 0 Å². The molecular weight excluding hydrogens is 210 g/mol. The molecule has 0 saturated carbocycles. The Balaban J connectivity index is 0.000000581. The van der Waals surface area contributed by atoms with Crippen LogP contribution in [-0.2, 0) is 0 Å². The number of pyridine rings is 1. The highest BCUT2D eigenvalue weighted by atomic mass is 15.3. The van der Waals surface area contributed by atoms with Gasteiger partial charge in [-0.3, -0.25) is 0 Å². The summed E-state index contributed by atoms with van der Waals surface area (Å²) < 4.78 is 1.78. The van der Waals surface area contributed by atoms with Gasteiger partial charge in [-0.2, -0.15) is 5.10 Å². The van der Waals surface area contributed by atoms with Crippen LogP contribution in [0.3, 0.4) is 0 Å². The molecule has 0 spiro atoms. The summed E-state index contributed by atoms with van der Waals surface area (Å²) in [6.45, 7) is 12.1. The number of hydrogen-bond acceptors (Lipinski definition) is 2. The second-order valence-corrected chi connectivity index (χ2v) is 3.15. The second kappa shape index (κ2) is 8.50. The van der Waals surface area contributed by atoms with Crippen molar-refractivity contribution in [3.63, 3.8) is 0 Å². The molecule has 0 N–H and O–H groups in total. The lowest BCUT2D eigenvalue weighted by Crippen LogP contribution is -1.97. The molecule has 0 saturated heterocycles. The fourth-order valence-electron chi connectivity index (χ4n) is 1.18. The van der Waals surface area contributed by atoms with E-state index in [9.17, 15) is 0 Å². The first-order valence-electron chi connectivity index (χ1n) is 6.20. The molecular formula is C14H23N3. The molecule has 0 radical (unpaired) electrons. The standard InChI is InChI=1S/C10H11N3.2C2H6/c1-8-3-4-11-10(5-8)13-7-9(2)6-12-13;2*1-2/h3-7H,1-2H3;2*1-2H3. The molecule has 2 aromatic heterocycles. The number of aromatic nitrogens is 3. The van der Waals surface area contributed by atoms with Crippen molar-refractivity contribution in [3.05, 3.63) is 41.9 Å². The van der Waals surface area contributed by atoms with Crippen molar-refractivity contribution < 1.29 is 0 Å². The average Bonchev–Trinajstić information content (AvgIpc) is 2.81. The Morgan fingerprint density at radius 2 is 1.65 bits per heavy atom. The fraction of sp³-hybridized carbons (Fsp3) is 0.429. The third-order valence-electron chi connectivity index (χ3n) is 1.85. The zero-order chi connectivity index (χ0) is 13.3. The van der Waals surface area contributed by atoms with Gasteiger partial charge in [-0.25, -0.2) is 9.67 Å². The minimum Gasteiger partial charge on any atom is -0.237 e. The molecule has 0 aromatic carbocycles. The second-order valence-electron chi connectivity index (χ2n) is 3.15. The lowest BCUT2D eigenvalue weighted by molar-refractivity contribution is 0.845. The number of hydrogen-bond donors (Lipinski definition) is 0. The number of rotatable bonds is 1. The van der Waals surface area contributed by atoms with Gasteiger partial charge >= 0.3 is 0 Å². The molecule has 0 aliphatic heterocycles. The van der Waals surface area contributed by atoms with Gasteiger partial charge < -0.3 is 0 Å². The van der Waals surface area contributed by atoms with E-state index in [2.05, 4.69) is 10.1 Å². The van der Waals surface area contributed by atoms with Gasteiger partial charge in [0, 0.05) is 12.4 Å². The van der Waals surface area contributed by atoms with Crippen molar-refractivity contribution in [3.8, 4) is 5.82 Å². The molecule has 0 aliphatic carbocycles. The van der Waals surface area contributed by atoms with Crippen LogP contribution in [0, 0.1) is 13.8 Å². The van der Waals surface area contributed by atoms with E-state index in [4.69, 9.17) is 0 Å². The van der Waals surface area contributed by atoms with Crippen LogP contribution in [0.4, 0.5) is 0 Å². The molecule has 17 heavy (non-hydrogen) atoms. The van der Waals surface area contributed by atoms with Gasteiger partial charge in [-0.05, 0) is 37.1 Å². The number of aryl methyl sites for hydroxylation is 2. The molecule has 0 unspecified atom stereocenters. The van der Waals surface area contributed by atoms with Gasteiger partial charge in [-0.15, -0.1) is 0 Å². The normalized spacial score (nSPS) is 8.59. The minimum absolute atomic E-state index is 0.869. The van der Waals surface area contributed by atoms with Gasteiger partial charge in [0.2, 0.25) is 0 Å². The SMILES string of the molecule is CC.CC.Cc1ccnc(-n2cc(C)cn2)c1. The summed E-state index contributed by atoms with van der Waals surface area (Å²) in [7, 11) is 0. The summed E-state index contributed by atoms with van der Waals surface area (Å²) in [5, 5.41) is 4.18. The molecule has 2 aromatic rings. The molecule has 2 rings (SSSR count). The summed E-state index contributed by atoms with van der Waals surface area (Å²) in [6, 6.07) is 3.98. The molecule has 3 nitrogen and oxygen atoms in total. The van der Waals surface area contributed by atoms with Gasteiger partial charge in [0.15, 0.2) is 5.82 Å². The van der Waals surface area contributed by atoms with Crippen molar-refractivity contribution in [2.75, 3.05) is 0 Å². The monoisotopic (exact) mass is 233 g/mol. The van der Waals surface area contributed by atoms with Crippen molar-refractivity contribution >= 4 is 0 Å². The average molecular weight is 233 g/mol. The van der Waals surface area contributed by atoms with E-state index in [1.165, 1.54) is 5.56 Å². The first kappa shape index (κ1) is 15.4. The zero-order valence-corrected chi connectivity index (χ0v) is 11.7. The molecule has 0 amide bonds. The fourth-order valence-corrected chi connectivity index (χ4v) is 1.18. The lowest BCUT2D eigenvalue weighted by Gasteiger charge is -1.99. The molecule has 0 aliphatic rings. The predicted molar refractivity (Wildman–Crippen MR) is 73.5 cm³/mol. The maximum absolute atomic E-state index is 4.22. The Morgan fingerprint density at radius 3 is 2.12 bits per heavy atom. The topological polar surface area (TPSA) is 30.7 Å². The lowest BCUT2D eigenvalue weighted by atomic mass is 10.3. The Bertz CT molecular complexity index is 419.